The van der Waals surface area contributed by atoms with Gasteiger partial charge in [0.1, 0.15) is 5.75 Å². The molecule has 0 radical (unpaired) electrons. The van der Waals surface area contributed by atoms with E-state index in [0.29, 0.717) is 29.4 Å². The first-order chi connectivity index (χ1) is 15.7. The first-order valence-corrected chi connectivity index (χ1v) is 10.5. The zero-order valence-corrected chi connectivity index (χ0v) is 17.6. The van der Waals surface area contributed by atoms with Crippen molar-refractivity contribution >= 4 is 22.6 Å². The fourth-order valence-corrected chi connectivity index (χ4v) is 4.27. The average molecular weight is 430 g/mol. The van der Waals surface area contributed by atoms with Crippen molar-refractivity contribution in [3.05, 3.63) is 53.9 Å². The summed E-state index contributed by atoms with van der Waals surface area (Å²) in [6.45, 7) is 3.47. The Morgan fingerprint density at radius 2 is 2.06 bits per heavy atom. The van der Waals surface area contributed by atoms with Crippen LogP contribution >= 0.6 is 0 Å². The molecule has 1 aliphatic rings. The number of benzene rings is 1. The molecule has 0 fully saturated rings. The summed E-state index contributed by atoms with van der Waals surface area (Å²) in [5.41, 5.74) is 10.2. The number of anilines is 1. The van der Waals surface area contributed by atoms with Crippen molar-refractivity contribution in [1.29, 1.82) is 0 Å². The van der Waals surface area contributed by atoms with E-state index >= 15 is 0 Å². The molecule has 5 heterocycles. The minimum Gasteiger partial charge on any atom is -0.497 e. The molecule has 6 rings (SSSR count). The van der Waals surface area contributed by atoms with Gasteiger partial charge < -0.3 is 14.9 Å². The number of nitrogen functional groups attached to an aromatic ring is 1. The number of methoxy groups -OCH3 is 1. The van der Waals surface area contributed by atoms with E-state index < -0.39 is 0 Å². The summed E-state index contributed by atoms with van der Waals surface area (Å²) < 4.78 is 14.2. The van der Waals surface area contributed by atoms with E-state index in [1.165, 1.54) is 15.6 Å². The standard InChI is InChI=1S/C22H22N8O2/c1-31-16-5-4-15-13-28(7-6-14(15)11-16)8-9-29-20-17(12-24-29)21-25-19(18-3-2-10-32-18)27-30(21)22(23)26-20/h2-5,10-12H,6-9,13H2,1H3,(H2,23,26). The van der Waals surface area contributed by atoms with Crippen molar-refractivity contribution in [2.24, 2.45) is 0 Å². The summed E-state index contributed by atoms with van der Waals surface area (Å²) in [7, 11) is 1.71. The Kier molecular flexibility index (Phi) is 4.32. The van der Waals surface area contributed by atoms with E-state index in [9.17, 15) is 0 Å². The maximum absolute atomic E-state index is 6.19. The Hall–Kier alpha value is -3.92. The lowest BCUT2D eigenvalue weighted by atomic mass is 9.99. The van der Waals surface area contributed by atoms with Gasteiger partial charge in [0, 0.05) is 19.6 Å². The molecular weight excluding hydrogens is 408 g/mol. The average Bonchev–Trinajstić information content (AvgIpc) is 3.56. The van der Waals surface area contributed by atoms with Gasteiger partial charge in [-0.05, 0) is 41.8 Å². The zero-order valence-electron chi connectivity index (χ0n) is 17.6. The fourth-order valence-electron chi connectivity index (χ4n) is 4.27. The smallest absolute Gasteiger partial charge is 0.225 e. The van der Waals surface area contributed by atoms with Crippen LogP contribution in [0, 0.1) is 0 Å². The van der Waals surface area contributed by atoms with E-state index in [4.69, 9.17) is 14.9 Å². The molecule has 0 aliphatic carbocycles. The second-order valence-corrected chi connectivity index (χ2v) is 7.88. The van der Waals surface area contributed by atoms with Crippen molar-refractivity contribution in [3.8, 4) is 17.3 Å². The monoisotopic (exact) mass is 430 g/mol. The molecule has 0 unspecified atom stereocenters. The summed E-state index contributed by atoms with van der Waals surface area (Å²) >= 11 is 0. The van der Waals surface area contributed by atoms with Crippen molar-refractivity contribution in [3.63, 3.8) is 0 Å². The highest BCUT2D eigenvalue weighted by Gasteiger charge is 2.20. The summed E-state index contributed by atoms with van der Waals surface area (Å²) in [4.78, 5) is 11.6. The molecule has 1 aliphatic heterocycles. The number of aromatic nitrogens is 6. The molecule has 162 valence electrons. The molecule has 10 nitrogen and oxygen atoms in total. The number of hydrogen-bond acceptors (Lipinski definition) is 8. The van der Waals surface area contributed by atoms with Crippen LogP contribution in [0.25, 0.3) is 28.3 Å². The third kappa shape index (κ3) is 3.07. The largest absolute Gasteiger partial charge is 0.497 e. The van der Waals surface area contributed by atoms with Gasteiger partial charge in [0.05, 0.1) is 31.5 Å². The van der Waals surface area contributed by atoms with Crippen LogP contribution in [0.15, 0.2) is 47.2 Å². The van der Waals surface area contributed by atoms with Gasteiger partial charge in [0.15, 0.2) is 17.1 Å². The van der Waals surface area contributed by atoms with Crippen LogP contribution in [0.1, 0.15) is 11.1 Å². The number of fused-ring (bicyclic) bond motifs is 4. The third-order valence-electron chi connectivity index (χ3n) is 5.97. The summed E-state index contributed by atoms with van der Waals surface area (Å²) in [5.74, 6) is 2.23. The molecule has 0 bridgehead atoms. The van der Waals surface area contributed by atoms with Crippen LogP contribution in [0.4, 0.5) is 5.95 Å². The third-order valence-corrected chi connectivity index (χ3v) is 5.97. The van der Waals surface area contributed by atoms with E-state index in [2.05, 4.69) is 37.2 Å². The lowest BCUT2D eigenvalue weighted by Crippen LogP contribution is -2.33. The molecule has 2 N–H and O–H groups in total. The molecule has 5 aromatic rings. The minimum atomic E-state index is 0.264. The predicted octanol–water partition coefficient (Wildman–Crippen LogP) is 2.38. The highest BCUT2D eigenvalue weighted by Crippen LogP contribution is 2.25. The van der Waals surface area contributed by atoms with Gasteiger partial charge in [-0.15, -0.1) is 5.10 Å². The quantitative estimate of drug-likeness (QED) is 0.452. The lowest BCUT2D eigenvalue weighted by Gasteiger charge is -2.28. The van der Waals surface area contributed by atoms with Gasteiger partial charge in [0.25, 0.3) is 0 Å². The Morgan fingerprint density at radius 3 is 2.91 bits per heavy atom. The number of nitrogens with two attached hydrogens (primary N) is 1. The first-order valence-electron chi connectivity index (χ1n) is 10.5. The van der Waals surface area contributed by atoms with E-state index in [1.807, 2.05) is 16.8 Å². The van der Waals surface area contributed by atoms with Crippen LogP contribution in [0.5, 0.6) is 5.75 Å². The predicted molar refractivity (Wildman–Crippen MR) is 118 cm³/mol. The molecule has 0 amide bonds. The number of furan rings is 1. The zero-order chi connectivity index (χ0) is 21.7. The van der Waals surface area contributed by atoms with Crippen LogP contribution in [-0.4, -0.2) is 54.5 Å². The molecule has 0 spiro atoms. The Bertz CT molecular complexity index is 1420. The molecule has 0 saturated heterocycles. The Morgan fingerprint density at radius 1 is 1.12 bits per heavy atom. The van der Waals surface area contributed by atoms with Crippen LogP contribution in [0.2, 0.25) is 0 Å². The van der Waals surface area contributed by atoms with Crippen LogP contribution < -0.4 is 10.5 Å². The second kappa shape index (κ2) is 7.34. The van der Waals surface area contributed by atoms with Crippen molar-refractivity contribution in [2.45, 2.75) is 19.5 Å². The molecule has 4 aromatic heterocycles. The number of ether oxygens (including phenoxy) is 1. The first kappa shape index (κ1) is 18.8. The van der Waals surface area contributed by atoms with Gasteiger partial charge in [-0.25, -0.2) is 9.67 Å². The Labute approximate surface area is 183 Å². The fraction of sp³-hybridized carbons (Fsp3) is 0.273. The molecule has 10 heteroatoms. The highest BCUT2D eigenvalue weighted by atomic mass is 16.5. The summed E-state index contributed by atoms with van der Waals surface area (Å²) in [6.07, 6.45) is 4.37. The maximum atomic E-state index is 6.19. The van der Waals surface area contributed by atoms with Gasteiger partial charge >= 0.3 is 0 Å². The molecule has 1 aromatic carbocycles. The molecule has 0 saturated carbocycles. The normalized spacial score (nSPS) is 14.3. The van der Waals surface area contributed by atoms with E-state index in [-0.39, 0.29) is 5.95 Å². The van der Waals surface area contributed by atoms with Gasteiger partial charge in [-0.1, -0.05) is 6.07 Å². The minimum absolute atomic E-state index is 0.264. The number of nitrogens with zero attached hydrogens (tertiary/aromatic N) is 7. The van der Waals surface area contributed by atoms with Gasteiger partial charge in [-0.2, -0.15) is 14.6 Å². The Balaban J connectivity index is 1.25. The topological polar surface area (TPSA) is 113 Å². The molecule has 32 heavy (non-hydrogen) atoms. The molecule has 0 atom stereocenters. The van der Waals surface area contributed by atoms with Crippen LogP contribution in [0.3, 0.4) is 0 Å². The van der Waals surface area contributed by atoms with Crippen LogP contribution in [-0.2, 0) is 19.5 Å². The van der Waals surface area contributed by atoms with Gasteiger partial charge in [0.2, 0.25) is 11.8 Å². The highest BCUT2D eigenvalue weighted by molar-refractivity contribution is 5.90. The van der Waals surface area contributed by atoms with Gasteiger partial charge in [-0.3, -0.25) is 4.90 Å². The summed E-state index contributed by atoms with van der Waals surface area (Å²) in [6, 6.07) is 9.93. The maximum Gasteiger partial charge on any atom is 0.225 e. The lowest BCUT2D eigenvalue weighted by molar-refractivity contribution is 0.241. The van der Waals surface area contributed by atoms with Crippen molar-refractivity contribution in [2.75, 3.05) is 25.9 Å². The number of hydrogen-bond donors (Lipinski definition) is 1. The molecular formula is C22H22N8O2. The van der Waals surface area contributed by atoms with Crippen molar-refractivity contribution < 1.29 is 9.15 Å². The van der Waals surface area contributed by atoms with E-state index in [1.54, 1.807) is 25.6 Å². The van der Waals surface area contributed by atoms with Crippen molar-refractivity contribution in [1.82, 2.24) is 34.3 Å². The second-order valence-electron chi connectivity index (χ2n) is 7.88. The SMILES string of the molecule is COc1ccc2c(c1)CCN(CCn1ncc3c1nc(N)n1nc(-c4ccco4)nc31)C2. The van der Waals surface area contributed by atoms with E-state index in [0.717, 1.165) is 37.2 Å². The summed E-state index contributed by atoms with van der Waals surface area (Å²) in [5, 5.41) is 9.80. The number of rotatable bonds is 5.